The number of aliphatic hydroxyl groups excluding tert-OH is 2. The Kier molecular flexibility index (Phi) is 2.82. The molecule has 1 aliphatic rings. The van der Waals surface area contributed by atoms with Gasteiger partial charge in [0.15, 0.2) is 6.29 Å². The molecule has 1 heterocycles. The van der Waals surface area contributed by atoms with Crippen molar-refractivity contribution in [2.45, 2.75) is 31.3 Å². The van der Waals surface area contributed by atoms with Crippen molar-refractivity contribution < 1.29 is 14.9 Å². The molecular formula is C11H14O3. The number of ether oxygens (including phenoxy) is 1. The highest BCUT2D eigenvalue weighted by Gasteiger charge is 2.27. The molecule has 3 nitrogen and oxygen atoms in total. The lowest BCUT2D eigenvalue weighted by molar-refractivity contribution is -0.191. The molecule has 1 aromatic carbocycles. The van der Waals surface area contributed by atoms with Crippen molar-refractivity contribution in [1.29, 1.82) is 0 Å². The summed E-state index contributed by atoms with van der Waals surface area (Å²) in [6.45, 7) is 0. The van der Waals surface area contributed by atoms with Crippen LogP contribution in [0.1, 0.15) is 24.5 Å². The van der Waals surface area contributed by atoms with E-state index in [4.69, 9.17) is 4.74 Å². The quantitative estimate of drug-likeness (QED) is 0.706. The first kappa shape index (κ1) is 9.65. The third-order valence-corrected chi connectivity index (χ3v) is 2.45. The molecule has 2 rings (SSSR count). The Bertz CT molecular complexity index is 276. The summed E-state index contributed by atoms with van der Waals surface area (Å²) >= 11 is 0. The maximum atomic E-state index is 9.47. The van der Waals surface area contributed by atoms with Crippen molar-refractivity contribution in [3.63, 3.8) is 0 Å². The van der Waals surface area contributed by atoms with E-state index < -0.39 is 12.4 Å². The summed E-state index contributed by atoms with van der Waals surface area (Å²) in [6.07, 6.45) is -0.632. The van der Waals surface area contributed by atoms with E-state index in [1.165, 1.54) is 0 Å². The van der Waals surface area contributed by atoms with Crippen LogP contribution in [0, 0.1) is 0 Å². The Morgan fingerprint density at radius 1 is 1.07 bits per heavy atom. The van der Waals surface area contributed by atoms with E-state index in [1.54, 1.807) is 0 Å². The zero-order valence-electron chi connectivity index (χ0n) is 7.84. The molecule has 1 aromatic rings. The summed E-state index contributed by atoms with van der Waals surface area (Å²) in [6, 6.07) is 9.65. The number of aliphatic hydroxyl groups is 2. The van der Waals surface area contributed by atoms with Gasteiger partial charge < -0.3 is 14.9 Å². The van der Waals surface area contributed by atoms with Gasteiger partial charge in [-0.2, -0.15) is 0 Å². The number of rotatable bonds is 1. The van der Waals surface area contributed by atoms with Crippen LogP contribution >= 0.6 is 0 Å². The summed E-state index contributed by atoms with van der Waals surface area (Å²) in [4.78, 5) is 0. The molecule has 1 aliphatic heterocycles. The monoisotopic (exact) mass is 194 g/mol. The highest BCUT2D eigenvalue weighted by molar-refractivity contribution is 5.18. The van der Waals surface area contributed by atoms with Gasteiger partial charge in [0.1, 0.15) is 0 Å². The van der Waals surface area contributed by atoms with Crippen LogP contribution in [0.2, 0.25) is 0 Å². The Morgan fingerprint density at radius 3 is 2.43 bits per heavy atom. The summed E-state index contributed by atoms with van der Waals surface area (Å²) in [7, 11) is 0. The molecule has 0 spiro atoms. The second-order valence-corrected chi connectivity index (χ2v) is 3.62. The molecule has 1 fully saturated rings. The van der Waals surface area contributed by atoms with E-state index >= 15 is 0 Å². The van der Waals surface area contributed by atoms with E-state index in [9.17, 15) is 10.2 Å². The molecule has 0 aliphatic carbocycles. The molecule has 0 radical (unpaired) electrons. The largest absolute Gasteiger partial charge is 0.393 e. The van der Waals surface area contributed by atoms with Crippen LogP contribution in [-0.2, 0) is 4.74 Å². The molecule has 2 N–H and O–H groups in total. The summed E-state index contributed by atoms with van der Waals surface area (Å²) in [5.74, 6) is 0. The molecule has 3 heteroatoms. The van der Waals surface area contributed by atoms with Gasteiger partial charge in [0, 0.05) is 12.8 Å². The van der Waals surface area contributed by atoms with Crippen LogP contribution in [0.5, 0.6) is 0 Å². The third kappa shape index (κ3) is 2.12. The van der Waals surface area contributed by atoms with Gasteiger partial charge in [-0.15, -0.1) is 0 Å². The topological polar surface area (TPSA) is 49.7 Å². The Balaban J connectivity index is 2.11. The summed E-state index contributed by atoms with van der Waals surface area (Å²) in [5, 5.41) is 18.8. The normalized spacial score (nSPS) is 32.9. The number of hydrogen-bond acceptors (Lipinski definition) is 3. The molecule has 76 valence electrons. The fourth-order valence-electron chi connectivity index (χ4n) is 1.76. The average molecular weight is 194 g/mol. The Morgan fingerprint density at radius 2 is 1.79 bits per heavy atom. The second kappa shape index (κ2) is 4.09. The Labute approximate surface area is 83.0 Å². The van der Waals surface area contributed by atoms with E-state index in [0.717, 1.165) is 5.56 Å². The fourth-order valence-corrected chi connectivity index (χ4v) is 1.76. The van der Waals surface area contributed by atoms with E-state index in [2.05, 4.69) is 0 Å². The predicted molar refractivity (Wildman–Crippen MR) is 51.5 cm³/mol. The van der Waals surface area contributed by atoms with Crippen molar-refractivity contribution in [3.8, 4) is 0 Å². The van der Waals surface area contributed by atoms with Crippen molar-refractivity contribution >= 4 is 0 Å². The van der Waals surface area contributed by atoms with Crippen molar-refractivity contribution in [2.75, 3.05) is 0 Å². The zero-order chi connectivity index (χ0) is 9.97. The molecule has 14 heavy (non-hydrogen) atoms. The molecule has 2 unspecified atom stereocenters. The lowest BCUT2D eigenvalue weighted by atomic mass is 9.99. The van der Waals surface area contributed by atoms with Crippen LogP contribution in [-0.4, -0.2) is 22.6 Å². The first-order chi connectivity index (χ1) is 6.75. The van der Waals surface area contributed by atoms with Crippen molar-refractivity contribution in [3.05, 3.63) is 35.9 Å². The zero-order valence-corrected chi connectivity index (χ0v) is 7.84. The first-order valence-electron chi connectivity index (χ1n) is 4.82. The van der Waals surface area contributed by atoms with Crippen LogP contribution in [0.3, 0.4) is 0 Å². The molecule has 0 bridgehead atoms. The van der Waals surface area contributed by atoms with Gasteiger partial charge in [-0.1, -0.05) is 30.3 Å². The minimum atomic E-state index is -0.844. The average Bonchev–Trinajstić information content (AvgIpc) is 2.18. The van der Waals surface area contributed by atoms with Crippen molar-refractivity contribution in [2.24, 2.45) is 0 Å². The molecule has 1 saturated heterocycles. The van der Waals surface area contributed by atoms with Gasteiger partial charge in [0.05, 0.1) is 12.2 Å². The standard InChI is InChI=1S/C11H14O3/c12-9-6-10(14-11(13)7-9)8-4-2-1-3-5-8/h1-5,9-13H,6-7H2/t9?,10-,11?/m0/s1. The highest BCUT2D eigenvalue weighted by atomic mass is 16.6. The summed E-state index contributed by atoms with van der Waals surface area (Å²) in [5.41, 5.74) is 1.00. The fraction of sp³-hybridized carbons (Fsp3) is 0.455. The Hall–Kier alpha value is -0.900. The first-order valence-corrected chi connectivity index (χ1v) is 4.82. The molecule has 0 saturated carbocycles. The molecule has 0 aromatic heterocycles. The van der Waals surface area contributed by atoms with Crippen LogP contribution < -0.4 is 0 Å². The van der Waals surface area contributed by atoms with Gasteiger partial charge in [0.25, 0.3) is 0 Å². The van der Waals surface area contributed by atoms with Gasteiger partial charge in [-0.3, -0.25) is 0 Å². The third-order valence-electron chi connectivity index (χ3n) is 2.45. The lowest BCUT2D eigenvalue weighted by Gasteiger charge is -2.30. The molecular weight excluding hydrogens is 180 g/mol. The van der Waals surface area contributed by atoms with Crippen molar-refractivity contribution in [1.82, 2.24) is 0 Å². The molecule has 0 amide bonds. The second-order valence-electron chi connectivity index (χ2n) is 3.62. The maximum Gasteiger partial charge on any atom is 0.157 e. The summed E-state index contributed by atoms with van der Waals surface area (Å²) < 4.78 is 5.34. The van der Waals surface area contributed by atoms with Gasteiger partial charge >= 0.3 is 0 Å². The van der Waals surface area contributed by atoms with E-state index in [1.807, 2.05) is 30.3 Å². The van der Waals surface area contributed by atoms with Crippen LogP contribution in [0.25, 0.3) is 0 Å². The highest BCUT2D eigenvalue weighted by Crippen LogP contribution is 2.30. The molecule has 3 atom stereocenters. The van der Waals surface area contributed by atoms with Gasteiger partial charge in [0.2, 0.25) is 0 Å². The van der Waals surface area contributed by atoms with Gasteiger partial charge in [-0.25, -0.2) is 0 Å². The predicted octanol–water partition coefficient (Wildman–Crippen LogP) is 1.22. The minimum absolute atomic E-state index is 0.185. The number of hydrogen-bond donors (Lipinski definition) is 2. The smallest absolute Gasteiger partial charge is 0.157 e. The van der Waals surface area contributed by atoms with Crippen LogP contribution in [0.4, 0.5) is 0 Å². The number of benzene rings is 1. The van der Waals surface area contributed by atoms with Gasteiger partial charge in [-0.05, 0) is 5.56 Å². The van der Waals surface area contributed by atoms with E-state index in [0.29, 0.717) is 12.8 Å². The van der Waals surface area contributed by atoms with Crippen LogP contribution in [0.15, 0.2) is 30.3 Å². The SMILES string of the molecule is OC1CC(O)O[C@H](c2ccccc2)C1. The minimum Gasteiger partial charge on any atom is -0.393 e. The maximum absolute atomic E-state index is 9.47. The lowest BCUT2D eigenvalue weighted by Crippen LogP contribution is -2.30. The van der Waals surface area contributed by atoms with E-state index in [-0.39, 0.29) is 6.10 Å².